The second-order valence-electron chi connectivity index (χ2n) is 3.99. The van der Waals surface area contributed by atoms with Crippen LogP contribution in [0.4, 0.5) is 10.1 Å². The van der Waals surface area contributed by atoms with E-state index in [9.17, 15) is 12.8 Å². The number of nitrogen functional groups attached to an aromatic ring is 1. The molecule has 0 bridgehead atoms. The first-order chi connectivity index (χ1) is 9.81. The van der Waals surface area contributed by atoms with Crippen molar-refractivity contribution < 1.29 is 17.5 Å². The highest BCUT2D eigenvalue weighted by Crippen LogP contribution is 2.34. The summed E-state index contributed by atoms with van der Waals surface area (Å²) in [6.45, 7) is 4.14. The van der Waals surface area contributed by atoms with E-state index in [0.29, 0.717) is 13.0 Å². The number of sulfonamides is 1. The Hall–Kier alpha value is -0.670. The molecule has 0 unspecified atom stereocenters. The minimum atomic E-state index is -4.06. The Kier molecular flexibility index (Phi) is 7.08. The minimum Gasteiger partial charge on any atom is -0.395 e. The number of nitrogens with one attached hydrogen (secondary N) is 1. The topological polar surface area (TPSA) is 81.4 Å². The smallest absolute Gasteiger partial charge is 0.243 e. The molecule has 1 rings (SSSR count). The third-order valence-corrected chi connectivity index (χ3v) is 5.29. The molecule has 1 aromatic carbocycles. The van der Waals surface area contributed by atoms with E-state index in [2.05, 4.69) is 27.2 Å². The molecule has 0 saturated heterocycles. The molecule has 0 aliphatic rings. The van der Waals surface area contributed by atoms with Gasteiger partial charge in [-0.25, -0.2) is 17.5 Å². The summed E-state index contributed by atoms with van der Waals surface area (Å²) in [5.74, 6) is -1.05. The number of anilines is 1. The van der Waals surface area contributed by atoms with E-state index in [4.69, 9.17) is 22.1 Å². The number of halogens is 3. The van der Waals surface area contributed by atoms with Crippen molar-refractivity contribution in [2.75, 3.05) is 25.5 Å². The van der Waals surface area contributed by atoms with E-state index < -0.39 is 20.7 Å². The van der Waals surface area contributed by atoms with Crippen LogP contribution in [0.1, 0.15) is 6.42 Å². The lowest BCUT2D eigenvalue weighted by atomic mass is 10.3. The fourth-order valence-corrected chi connectivity index (χ4v) is 3.08. The lowest BCUT2D eigenvalue weighted by molar-refractivity contribution is 0.144. The maximum Gasteiger partial charge on any atom is 0.243 e. The van der Waals surface area contributed by atoms with E-state index >= 15 is 0 Å². The summed E-state index contributed by atoms with van der Waals surface area (Å²) >= 11 is 8.77. The first-order valence-corrected chi connectivity index (χ1v) is 8.58. The molecule has 9 heteroatoms. The summed E-state index contributed by atoms with van der Waals surface area (Å²) in [7, 11) is -4.06. The highest BCUT2D eigenvalue weighted by molar-refractivity contribution is 9.10. The normalized spacial score (nSPS) is 11.6. The Balaban J connectivity index is 2.77. The van der Waals surface area contributed by atoms with Crippen LogP contribution in [0.25, 0.3) is 0 Å². The Morgan fingerprint density at radius 1 is 1.52 bits per heavy atom. The highest BCUT2D eigenvalue weighted by Gasteiger charge is 2.23. The Bertz CT molecular complexity index is 625. The molecule has 3 N–H and O–H groups in total. The largest absolute Gasteiger partial charge is 0.395 e. The van der Waals surface area contributed by atoms with Crippen LogP contribution in [-0.4, -0.2) is 28.2 Å². The van der Waals surface area contributed by atoms with Crippen LogP contribution in [0.15, 0.2) is 28.1 Å². The molecule has 118 valence electrons. The molecule has 0 aliphatic heterocycles. The predicted molar refractivity (Wildman–Crippen MR) is 84.3 cm³/mol. The van der Waals surface area contributed by atoms with E-state index in [0.717, 1.165) is 6.07 Å². The van der Waals surface area contributed by atoms with Gasteiger partial charge in [0.15, 0.2) is 5.82 Å². The highest BCUT2D eigenvalue weighted by atomic mass is 79.9. The maximum absolute atomic E-state index is 13.9. The van der Waals surface area contributed by atoms with Crippen molar-refractivity contribution in [3.05, 3.63) is 34.0 Å². The van der Waals surface area contributed by atoms with Crippen LogP contribution >= 0.6 is 27.5 Å². The molecule has 0 heterocycles. The van der Waals surface area contributed by atoms with Gasteiger partial charge in [0.05, 0.1) is 28.4 Å². The van der Waals surface area contributed by atoms with Crippen molar-refractivity contribution >= 4 is 43.2 Å². The Labute approximate surface area is 136 Å². The van der Waals surface area contributed by atoms with E-state index in [-0.39, 0.29) is 28.3 Å². The SMILES string of the molecule is C=CCCOCCNS(=O)(=O)c1cc(Cl)c(Br)c(N)c1F. The minimum absolute atomic E-state index is 0.00645. The molecular weight excluding hydrogens is 387 g/mol. The predicted octanol–water partition coefficient (Wildman–Crippen LogP) is 2.69. The average Bonchev–Trinajstić information content (AvgIpc) is 2.44. The van der Waals surface area contributed by atoms with Gasteiger partial charge in [0, 0.05) is 6.54 Å². The molecule has 0 aromatic heterocycles. The zero-order valence-corrected chi connectivity index (χ0v) is 14.2. The number of nitrogens with two attached hydrogens (primary N) is 1. The van der Waals surface area contributed by atoms with E-state index in [1.165, 1.54) is 0 Å². The van der Waals surface area contributed by atoms with Gasteiger partial charge >= 0.3 is 0 Å². The van der Waals surface area contributed by atoms with Gasteiger partial charge in [0.1, 0.15) is 4.90 Å². The molecule has 0 saturated carbocycles. The van der Waals surface area contributed by atoms with Crippen LogP contribution in [0.3, 0.4) is 0 Å². The fraction of sp³-hybridized carbons (Fsp3) is 0.333. The Morgan fingerprint density at radius 2 is 2.19 bits per heavy atom. The quantitative estimate of drug-likeness (QED) is 0.304. The van der Waals surface area contributed by atoms with Crippen LogP contribution < -0.4 is 10.5 Å². The van der Waals surface area contributed by atoms with Gasteiger partial charge in [0.25, 0.3) is 0 Å². The molecule has 0 spiro atoms. The van der Waals surface area contributed by atoms with Crippen molar-refractivity contribution in [2.24, 2.45) is 0 Å². The third kappa shape index (κ3) is 4.93. The molecule has 0 aliphatic carbocycles. The van der Waals surface area contributed by atoms with Crippen molar-refractivity contribution in [3.8, 4) is 0 Å². The number of benzene rings is 1. The van der Waals surface area contributed by atoms with Gasteiger partial charge in [-0.2, -0.15) is 0 Å². The summed E-state index contributed by atoms with van der Waals surface area (Å²) in [6.07, 6.45) is 2.35. The van der Waals surface area contributed by atoms with E-state index in [1.54, 1.807) is 6.08 Å². The summed E-state index contributed by atoms with van der Waals surface area (Å²) in [4.78, 5) is -0.598. The lowest BCUT2D eigenvalue weighted by Gasteiger charge is -2.11. The molecule has 5 nitrogen and oxygen atoms in total. The summed E-state index contributed by atoms with van der Waals surface area (Å²) in [5, 5.41) is 0.0107. The van der Waals surface area contributed by atoms with Gasteiger partial charge in [-0.15, -0.1) is 6.58 Å². The molecule has 0 atom stereocenters. The monoisotopic (exact) mass is 400 g/mol. The molecule has 0 amide bonds. The van der Waals surface area contributed by atoms with Gasteiger partial charge in [0.2, 0.25) is 10.0 Å². The first kappa shape index (κ1) is 18.4. The molecule has 0 fully saturated rings. The number of rotatable bonds is 8. The summed E-state index contributed by atoms with van der Waals surface area (Å²) < 4.78 is 45.4. The van der Waals surface area contributed by atoms with Crippen LogP contribution in [0.5, 0.6) is 0 Å². The number of hydrogen-bond acceptors (Lipinski definition) is 4. The standard InChI is InChI=1S/C12H15BrClFN2O3S/c1-2-3-5-20-6-4-17-21(18,19)9-7-8(14)10(13)12(16)11(9)15/h2,7,17H,1,3-6,16H2. The first-order valence-electron chi connectivity index (χ1n) is 5.92. The Morgan fingerprint density at radius 3 is 2.81 bits per heavy atom. The van der Waals surface area contributed by atoms with Crippen molar-refractivity contribution in [3.63, 3.8) is 0 Å². The zero-order chi connectivity index (χ0) is 16.0. The second-order valence-corrected chi connectivity index (χ2v) is 6.92. The maximum atomic E-state index is 13.9. The van der Waals surface area contributed by atoms with Crippen molar-refractivity contribution in [2.45, 2.75) is 11.3 Å². The fourth-order valence-electron chi connectivity index (χ4n) is 1.39. The van der Waals surface area contributed by atoms with E-state index in [1.807, 2.05) is 0 Å². The van der Waals surface area contributed by atoms with Gasteiger partial charge in [-0.1, -0.05) is 17.7 Å². The van der Waals surface area contributed by atoms with Crippen molar-refractivity contribution in [1.82, 2.24) is 4.72 Å². The lowest BCUT2D eigenvalue weighted by Crippen LogP contribution is -2.28. The van der Waals surface area contributed by atoms with Gasteiger partial charge in [-0.3, -0.25) is 0 Å². The second kappa shape index (κ2) is 8.09. The zero-order valence-electron chi connectivity index (χ0n) is 11.0. The van der Waals surface area contributed by atoms with Crippen LogP contribution in [-0.2, 0) is 14.8 Å². The van der Waals surface area contributed by atoms with Gasteiger partial charge < -0.3 is 10.5 Å². The van der Waals surface area contributed by atoms with Crippen LogP contribution in [0, 0.1) is 5.82 Å². The van der Waals surface area contributed by atoms with Crippen LogP contribution in [0.2, 0.25) is 5.02 Å². The third-order valence-electron chi connectivity index (χ3n) is 2.45. The summed E-state index contributed by atoms with van der Waals surface area (Å²) in [5.41, 5.74) is 5.10. The van der Waals surface area contributed by atoms with Crippen molar-refractivity contribution in [1.29, 1.82) is 0 Å². The number of ether oxygens (including phenoxy) is 1. The summed E-state index contributed by atoms with van der Waals surface area (Å²) in [6, 6.07) is 0.998. The molecule has 0 radical (unpaired) electrons. The number of hydrogen-bond donors (Lipinski definition) is 2. The van der Waals surface area contributed by atoms with Gasteiger partial charge in [-0.05, 0) is 28.4 Å². The molecule has 21 heavy (non-hydrogen) atoms. The molecule has 1 aromatic rings. The molecular formula is C12H15BrClFN2O3S. The average molecular weight is 402 g/mol.